The molecule has 1 fully saturated rings. The highest BCUT2D eigenvalue weighted by atomic mass is 35.5. The number of aromatic nitrogens is 1. The van der Waals surface area contributed by atoms with E-state index in [1.165, 1.54) is 11.3 Å². The van der Waals surface area contributed by atoms with Gasteiger partial charge in [0.15, 0.2) is 5.13 Å². The number of carbonyl (C=O) groups excluding carboxylic acids is 1. The molecule has 2 aromatic carbocycles. The van der Waals surface area contributed by atoms with Crippen LogP contribution in [-0.2, 0) is 4.79 Å². The fraction of sp³-hybridized carbons (Fsp3) is 0.222. The maximum absolute atomic E-state index is 12.5. The smallest absolute Gasteiger partial charge is 0.229 e. The van der Waals surface area contributed by atoms with Gasteiger partial charge in [-0.05, 0) is 54.3 Å². The van der Waals surface area contributed by atoms with Crippen LogP contribution in [0.2, 0.25) is 10.0 Å². The van der Waals surface area contributed by atoms with Crippen molar-refractivity contribution in [2.45, 2.75) is 12.3 Å². The van der Waals surface area contributed by atoms with Crippen LogP contribution in [0.5, 0.6) is 5.75 Å². The maximum Gasteiger partial charge on any atom is 0.229 e. The summed E-state index contributed by atoms with van der Waals surface area (Å²) in [6.07, 6.45) is 0.793. The summed E-state index contributed by atoms with van der Waals surface area (Å²) < 4.78 is 6.19. The molecule has 128 valence electrons. The number of amides is 1. The maximum atomic E-state index is 12.5. The molecule has 2 atom stereocenters. The van der Waals surface area contributed by atoms with Crippen LogP contribution < -0.4 is 10.1 Å². The summed E-state index contributed by atoms with van der Waals surface area (Å²) in [5.74, 6) is 0.836. The standard InChI is InChI=1S/C18H14Cl2N2O2S/c1-24-12-2-3-15-16(7-12)25-18(21-15)22-17(23)14-8-13(14)9-4-10(19)6-11(20)5-9/h2-7,13-14H,8H2,1H3,(H,21,22,23)/t13-,14+/m1/s1. The van der Waals surface area contributed by atoms with E-state index >= 15 is 0 Å². The number of hydrogen-bond acceptors (Lipinski definition) is 4. The lowest BCUT2D eigenvalue weighted by atomic mass is 10.1. The molecule has 3 aromatic rings. The molecule has 1 aliphatic carbocycles. The van der Waals surface area contributed by atoms with E-state index in [1.54, 1.807) is 13.2 Å². The number of halogens is 2. The molecule has 0 radical (unpaired) electrons. The Kier molecular flexibility index (Phi) is 4.31. The fourth-order valence-electron chi connectivity index (χ4n) is 2.93. The quantitative estimate of drug-likeness (QED) is 0.650. The van der Waals surface area contributed by atoms with Crippen molar-refractivity contribution in [2.75, 3.05) is 12.4 Å². The third-order valence-electron chi connectivity index (χ3n) is 4.27. The third-order valence-corrected chi connectivity index (χ3v) is 5.64. The number of ether oxygens (including phenoxy) is 1. The highest BCUT2D eigenvalue weighted by Gasteiger charge is 2.44. The molecule has 1 amide bonds. The Morgan fingerprint density at radius 1 is 1.24 bits per heavy atom. The van der Waals surface area contributed by atoms with Crippen LogP contribution in [0.25, 0.3) is 10.2 Å². The monoisotopic (exact) mass is 392 g/mol. The molecule has 0 saturated heterocycles. The van der Waals surface area contributed by atoms with Crippen LogP contribution in [0.15, 0.2) is 36.4 Å². The average Bonchev–Trinajstić information content (AvgIpc) is 3.28. The van der Waals surface area contributed by atoms with E-state index in [4.69, 9.17) is 27.9 Å². The Morgan fingerprint density at radius 3 is 2.72 bits per heavy atom. The van der Waals surface area contributed by atoms with Gasteiger partial charge in [-0.2, -0.15) is 0 Å². The summed E-state index contributed by atoms with van der Waals surface area (Å²) in [7, 11) is 1.63. The van der Waals surface area contributed by atoms with E-state index in [2.05, 4.69) is 10.3 Å². The van der Waals surface area contributed by atoms with Crippen LogP contribution >= 0.6 is 34.5 Å². The van der Waals surface area contributed by atoms with Crippen LogP contribution in [0.4, 0.5) is 5.13 Å². The Bertz CT molecular complexity index is 953. The van der Waals surface area contributed by atoms with E-state index in [-0.39, 0.29) is 17.7 Å². The molecular formula is C18H14Cl2N2O2S. The first-order valence-electron chi connectivity index (χ1n) is 7.75. The molecule has 1 saturated carbocycles. The first-order chi connectivity index (χ1) is 12.0. The number of anilines is 1. The third kappa shape index (κ3) is 3.45. The second kappa shape index (κ2) is 6.48. The number of carbonyl (C=O) groups is 1. The molecule has 0 unspecified atom stereocenters. The lowest BCUT2D eigenvalue weighted by Crippen LogP contribution is -2.14. The number of hydrogen-bond donors (Lipinski definition) is 1. The van der Waals surface area contributed by atoms with Crippen molar-refractivity contribution in [3.8, 4) is 5.75 Å². The summed E-state index contributed by atoms with van der Waals surface area (Å²) in [6.45, 7) is 0. The molecule has 1 aliphatic rings. The van der Waals surface area contributed by atoms with E-state index in [0.717, 1.165) is 28.0 Å². The number of methoxy groups -OCH3 is 1. The molecule has 1 heterocycles. The number of rotatable bonds is 4. The molecule has 4 nitrogen and oxygen atoms in total. The Balaban J connectivity index is 1.48. The van der Waals surface area contributed by atoms with Crippen LogP contribution in [0, 0.1) is 5.92 Å². The molecule has 0 bridgehead atoms. The van der Waals surface area contributed by atoms with Crippen molar-refractivity contribution in [2.24, 2.45) is 5.92 Å². The minimum Gasteiger partial charge on any atom is -0.497 e. The van der Waals surface area contributed by atoms with Crippen molar-refractivity contribution in [3.05, 3.63) is 52.0 Å². The SMILES string of the molecule is COc1ccc2nc(NC(=O)[C@H]3C[C@@H]3c3cc(Cl)cc(Cl)c3)sc2c1. The van der Waals surface area contributed by atoms with Gasteiger partial charge < -0.3 is 10.1 Å². The summed E-state index contributed by atoms with van der Waals surface area (Å²) in [5.41, 5.74) is 1.85. The van der Waals surface area contributed by atoms with Crippen molar-refractivity contribution in [1.82, 2.24) is 4.98 Å². The zero-order valence-corrected chi connectivity index (χ0v) is 15.6. The van der Waals surface area contributed by atoms with Gasteiger partial charge in [-0.25, -0.2) is 4.98 Å². The summed E-state index contributed by atoms with van der Waals surface area (Å²) >= 11 is 13.5. The lowest BCUT2D eigenvalue weighted by Gasteiger charge is -2.03. The predicted octanol–water partition coefficient (Wildman–Crippen LogP) is 5.35. The Labute approximate surface area is 158 Å². The number of nitrogens with one attached hydrogen (secondary N) is 1. The zero-order valence-electron chi connectivity index (χ0n) is 13.3. The molecule has 25 heavy (non-hydrogen) atoms. The van der Waals surface area contributed by atoms with Gasteiger partial charge in [0.25, 0.3) is 0 Å². The number of thiazole rings is 1. The van der Waals surface area contributed by atoms with Crippen LogP contribution in [0.1, 0.15) is 17.9 Å². The van der Waals surface area contributed by atoms with Gasteiger partial charge in [-0.3, -0.25) is 4.79 Å². The number of benzene rings is 2. The molecule has 4 rings (SSSR count). The largest absolute Gasteiger partial charge is 0.497 e. The minimum absolute atomic E-state index is 0.0212. The molecule has 0 aliphatic heterocycles. The van der Waals surface area contributed by atoms with Gasteiger partial charge in [0, 0.05) is 16.0 Å². The fourth-order valence-corrected chi connectivity index (χ4v) is 4.37. The topological polar surface area (TPSA) is 51.2 Å². The molecular weight excluding hydrogens is 379 g/mol. The van der Waals surface area contributed by atoms with E-state index in [9.17, 15) is 4.79 Å². The van der Waals surface area contributed by atoms with Gasteiger partial charge in [0.2, 0.25) is 5.91 Å². The molecule has 1 aromatic heterocycles. The predicted molar refractivity (Wildman–Crippen MR) is 102 cm³/mol. The normalized spacial score (nSPS) is 19.0. The highest BCUT2D eigenvalue weighted by molar-refractivity contribution is 7.22. The summed E-state index contributed by atoms with van der Waals surface area (Å²) in [6, 6.07) is 11.1. The Hall–Kier alpha value is -1.82. The van der Waals surface area contributed by atoms with Gasteiger partial charge in [0.1, 0.15) is 5.75 Å². The van der Waals surface area contributed by atoms with Gasteiger partial charge in [0.05, 0.1) is 17.3 Å². The van der Waals surface area contributed by atoms with Crippen LogP contribution in [0.3, 0.4) is 0 Å². The van der Waals surface area contributed by atoms with Gasteiger partial charge in [-0.1, -0.05) is 34.5 Å². The van der Waals surface area contributed by atoms with Crippen molar-refractivity contribution >= 4 is 55.8 Å². The summed E-state index contributed by atoms with van der Waals surface area (Å²) in [4.78, 5) is 16.9. The first kappa shape index (κ1) is 16.6. The zero-order chi connectivity index (χ0) is 17.6. The van der Waals surface area contributed by atoms with E-state index in [1.807, 2.05) is 30.3 Å². The van der Waals surface area contributed by atoms with Gasteiger partial charge >= 0.3 is 0 Å². The molecule has 1 N–H and O–H groups in total. The first-order valence-corrected chi connectivity index (χ1v) is 9.32. The second-order valence-corrected chi connectivity index (χ2v) is 7.90. The Morgan fingerprint density at radius 2 is 2.00 bits per heavy atom. The van der Waals surface area contributed by atoms with E-state index in [0.29, 0.717) is 15.2 Å². The molecule has 7 heteroatoms. The molecule has 0 spiro atoms. The van der Waals surface area contributed by atoms with Crippen molar-refractivity contribution < 1.29 is 9.53 Å². The van der Waals surface area contributed by atoms with E-state index < -0.39 is 0 Å². The van der Waals surface area contributed by atoms with Crippen molar-refractivity contribution in [1.29, 1.82) is 0 Å². The van der Waals surface area contributed by atoms with Crippen molar-refractivity contribution in [3.63, 3.8) is 0 Å². The van der Waals surface area contributed by atoms with Crippen LogP contribution in [-0.4, -0.2) is 18.0 Å². The number of nitrogens with zero attached hydrogens (tertiary/aromatic N) is 1. The second-order valence-electron chi connectivity index (χ2n) is 5.99. The average molecular weight is 393 g/mol. The van der Waals surface area contributed by atoms with Gasteiger partial charge in [-0.15, -0.1) is 0 Å². The lowest BCUT2D eigenvalue weighted by molar-refractivity contribution is -0.117. The highest BCUT2D eigenvalue weighted by Crippen LogP contribution is 2.49. The minimum atomic E-state index is -0.0731. The summed E-state index contributed by atoms with van der Waals surface area (Å²) in [5, 5.41) is 4.70. The number of fused-ring (bicyclic) bond motifs is 1.